The predicted molar refractivity (Wildman–Crippen MR) is 76.3 cm³/mol. The highest BCUT2D eigenvalue weighted by Gasteiger charge is 2.21. The third kappa shape index (κ3) is 3.12. The van der Waals surface area contributed by atoms with Gasteiger partial charge in [0, 0.05) is 12.4 Å². The predicted octanol–water partition coefficient (Wildman–Crippen LogP) is 0.210. The number of fused-ring (bicyclic) bond motifs is 1. The first-order chi connectivity index (χ1) is 9.49. The molecule has 7 nitrogen and oxygen atoms in total. The fourth-order valence-electron chi connectivity index (χ4n) is 2.00. The Kier molecular flexibility index (Phi) is 4.31. The van der Waals surface area contributed by atoms with Crippen molar-refractivity contribution in [2.75, 3.05) is 41.5 Å². The first kappa shape index (κ1) is 14.4. The van der Waals surface area contributed by atoms with Crippen molar-refractivity contribution in [3.05, 3.63) is 30.2 Å². The number of aromatic nitrogens is 3. The van der Waals surface area contributed by atoms with Crippen LogP contribution in [-0.4, -0.2) is 76.7 Å². The van der Waals surface area contributed by atoms with Gasteiger partial charge in [-0.15, -0.1) is 0 Å². The van der Waals surface area contributed by atoms with Crippen LogP contribution in [0.4, 0.5) is 0 Å². The topological polar surface area (TPSA) is 57.0 Å². The van der Waals surface area contributed by atoms with Crippen LogP contribution in [0.15, 0.2) is 24.7 Å². The summed E-state index contributed by atoms with van der Waals surface area (Å²) >= 11 is 0. The molecule has 0 spiro atoms. The molecule has 0 saturated carbocycles. The van der Waals surface area contributed by atoms with Crippen LogP contribution in [-0.2, 0) is 0 Å². The standard InChI is InChI=1S/C13H20N6O/c1-16(2)9-18(10-17(3)4)13(20)11-8-15-19-7-5-6-14-12(11)19/h5-8H,9-10H2,1-4H3. The van der Waals surface area contributed by atoms with Crippen molar-refractivity contribution < 1.29 is 4.79 Å². The highest BCUT2D eigenvalue weighted by molar-refractivity contribution is 5.99. The minimum Gasteiger partial charge on any atom is -0.313 e. The molecule has 0 saturated heterocycles. The van der Waals surface area contributed by atoms with Crippen molar-refractivity contribution >= 4 is 11.6 Å². The number of carbonyl (C=O) groups is 1. The molecule has 20 heavy (non-hydrogen) atoms. The zero-order valence-electron chi connectivity index (χ0n) is 12.3. The number of rotatable bonds is 5. The molecule has 2 aromatic rings. The molecule has 7 heteroatoms. The van der Waals surface area contributed by atoms with Gasteiger partial charge in [0.2, 0.25) is 0 Å². The van der Waals surface area contributed by atoms with Crippen LogP contribution in [0.2, 0.25) is 0 Å². The van der Waals surface area contributed by atoms with Gasteiger partial charge in [-0.25, -0.2) is 9.50 Å². The van der Waals surface area contributed by atoms with Gasteiger partial charge >= 0.3 is 0 Å². The quantitative estimate of drug-likeness (QED) is 0.731. The lowest BCUT2D eigenvalue weighted by molar-refractivity contribution is 0.0572. The lowest BCUT2D eigenvalue weighted by atomic mass is 10.3. The van der Waals surface area contributed by atoms with E-state index in [1.54, 1.807) is 34.1 Å². The third-order valence-electron chi connectivity index (χ3n) is 2.70. The summed E-state index contributed by atoms with van der Waals surface area (Å²) in [5, 5.41) is 4.16. The molecule has 0 aliphatic carbocycles. The summed E-state index contributed by atoms with van der Waals surface area (Å²) in [6, 6.07) is 1.78. The zero-order chi connectivity index (χ0) is 14.7. The lowest BCUT2D eigenvalue weighted by Gasteiger charge is -2.28. The number of amides is 1. The Labute approximate surface area is 118 Å². The summed E-state index contributed by atoms with van der Waals surface area (Å²) in [7, 11) is 7.74. The molecule has 2 aromatic heterocycles. The van der Waals surface area contributed by atoms with Gasteiger partial charge in [0.1, 0.15) is 5.56 Å². The first-order valence-electron chi connectivity index (χ1n) is 6.36. The molecule has 0 aliphatic heterocycles. The Hall–Kier alpha value is -1.99. The third-order valence-corrected chi connectivity index (χ3v) is 2.70. The molecule has 0 fully saturated rings. The van der Waals surface area contributed by atoms with Gasteiger partial charge in [0.05, 0.1) is 19.5 Å². The molecule has 0 N–H and O–H groups in total. The van der Waals surface area contributed by atoms with Gasteiger partial charge in [-0.05, 0) is 34.3 Å². The molecule has 0 aromatic carbocycles. The van der Waals surface area contributed by atoms with E-state index in [2.05, 4.69) is 10.1 Å². The van der Waals surface area contributed by atoms with Gasteiger partial charge in [-0.1, -0.05) is 0 Å². The Morgan fingerprint density at radius 1 is 1.20 bits per heavy atom. The monoisotopic (exact) mass is 276 g/mol. The largest absolute Gasteiger partial charge is 0.313 e. The second kappa shape index (κ2) is 5.98. The van der Waals surface area contributed by atoms with Crippen LogP contribution < -0.4 is 0 Å². The van der Waals surface area contributed by atoms with Crippen LogP contribution in [0.1, 0.15) is 10.4 Å². The Morgan fingerprint density at radius 2 is 1.85 bits per heavy atom. The average Bonchev–Trinajstić information content (AvgIpc) is 2.79. The van der Waals surface area contributed by atoms with E-state index in [1.165, 1.54) is 0 Å². The van der Waals surface area contributed by atoms with Crippen LogP contribution in [0.3, 0.4) is 0 Å². The van der Waals surface area contributed by atoms with Gasteiger partial charge in [0.25, 0.3) is 5.91 Å². The van der Waals surface area contributed by atoms with E-state index in [9.17, 15) is 4.79 Å². The van der Waals surface area contributed by atoms with Gasteiger partial charge in [-0.2, -0.15) is 5.10 Å². The van der Waals surface area contributed by atoms with Gasteiger partial charge < -0.3 is 4.90 Å². The molecule has 0 radical (unpaired) electrons. The molecule has 0 aliphatic rings. The molecule has 108 valence electrons. The summed E-state index contributed by atoms with van der Waals surface area (Å²) in [6.45, 7) is 1.09. The molecule has 0 unspecified atom stereocenters. The highest BCUT2D eigenvalue weighted by atomic mass is 16.2. The average molecular weight is 276 g/mol. The van der Waals surface area contributed by atoms with Gasteiger partial charge in [-0.3, -0.25) is 14.6 Å². The van der Waals surface area contributed by atoms with Crippen molar-refractivity contribution in [2.24, 2.45) is 0 Å². The second-order valence-electron chi connectivity index (χ2n) is 5.23. The highest BCUT2D eigenvalue weighted by Crippen LogP contribution is 2.11. The Bertz CT molecular complexity index is 581. The SMILES string of the molecule is CN(C)CN(CN(C)C)C(=O)c1cnn2cccnc12. The van der Waals surface area contributed by atoms with E-state index in [0.717, 1.165) is 0 Å². The summed E-state index contributed by atoms with van der Waals surface area (Å²) in [6.07, 6.45) is 5.01. The Balaban J connectivity index is 2.30. The van der Waals surface area contributed by atoms with E-state index in [4.69, 9.17) is 0 Å². The minimum atomic E-state index is -0.0684. The molecule has 2 heterocycles. The van der Waals surface area contributed by atoms with Crippen LogP contribution in [0, 0.1) is 0 Å². The number of hydrogen-bond acceptors (Lipinski definition) is 5. The van der Waals surface area contributed by atoms with Crippen LogP contribution >= 0.6 is 0 Å². The summed E-state index contributed by atoms with van der Waals surface area (Å²) in [4.78, 5) is 22.6. The summed E-state index contributed by atoms with van der Waals surface area (Å²) < 4.78 is 1.61. The lowest BCUT2D eigenvalue weighted by Crippen LogP contribution is -2.43. The van der Waals surface area contributed by atoms with Crippen LogP contribution in [0.5, 0.6) is 0 Å². The zero-order valence-corrected chi connectivity index (χ0v) is 12.3. The van der Waals surface area contributed by atoms with Crippen LogP contribution in [0.25, 0.3) is 5.65 Å². The van der Waals surface area contributed by atoms with Crippen molar-refractivity contribution in [3.63, 3.8) is 0 Å². The first-order valence-corrected chi connectivity index (χ1v) is 6.36. The van der Waals surface area contributed by atoms with E-state index >= 15 is 0 Å². The van der Waals surface area contributed by atoms with E-state index in [-0.39, 0.29) is 5.91 Å². The van der Waals surface area contributed by atoms with Gasteiger partial charge in [0.15, 0.2) is 5.65 Å². The number of nitrogens with zero attached hydrogens (tertiary/aromatic N) is 6. The molecule has 0 bridgehead atoms. The molecular formula is C13H20N6O. The maximum absolute atomic E-state index is 12.7. The second-order valence-corrected chi connectivity index (χ2v) is 5.23. The maximum atomic E-state index is 12.7. The summed E-state index contributed by atoms with van der Waals surface area (Å²) in [5.74, 6) is -0.0684. The van der Waals surface area contributed by atoms with Crippen molar-refractivity contribution in [2.45, 2.75) is 0 Å². The minimum absolute atomic E-state index is 0.0684. The molecule has 0 atom stereocenters. The number of hydrogen-bond donors (Lipinski definition) is 0. The van der Waals surface area contributed by atoms with E-state index < -0.39 is 0 Å². The smallest absolute Gasteiger partial charge is 0.261 e. The number of carbonyl (C=O) groups excluding carboxylic acids is 1. The van der Waals surface area contributed by atoms with E-state index in [1.807, 2.05) is 38.0 Å². The fraction of sp³-hybridized carbons (Fsp3) is 0.462. The Morgan fingerprint density at radius 3 is 2.45 bits per heavy atom. The van der Waals surface area contributed by atoms with Crippen molar-refractivity contribution in [1.82, 2.24) is 29.3 Å². The fourth-order valence-corrected chi connectivity index (χ4v) is 2.00. The normalized spacial score (nSPS) is 11.5. The summed E-state index contributed by atoms with van der Waals surface area (Å²) in [5.41, 5.74) is 1.11. The molecule has 1 amide bonds. The van der Waals surface area contributed by atoms with E-state index in [0.29, 0.717) is 24.5 Å². The molecular weight excluding hydrogens is 256 g/mol. The molecule has 2 rings (SSSR count). The maximum Gasteiger partial charge on any atom is 0.261 e. The van der Waals surface area contributed by atoms with Crippen molar-refractivity contribution in [3.8, 4) is 0 Å². The van der Waals surface area contributed by atoms with Crippen molar-refractivity contribution in [1.29, 1.82) is 0 Å².